The lowest BCUT2D eigenvalue weighted by atomic mass is 10.2. The second kappa shape index (κ2) is 6.58. The number of aryl methyl sites for hydroxylation is 2. The van der Waals surface area contributed by atoms with Gasteiger partial charge in [0.2, 0.25) is 5.91 Å². The van der Waals surface area contributed by atoms with E-state index in [2.05, 4.69) is 15.5 Å². The molecule has 9 heteroatoms. The van der Waals surface area contributed by atoms with Gasteiger partial charge in [-0.3, -0.25) is 14.2 Å². The minimum Gasteiger partial charge on any atom is -0.323 e. The molecule has 0 aliphatic heterocycles. The summed E-state index contributed by atoms with van der Waals surface area (Å²) >= 11 is 0. The van der Waals surface area contributed by atoms with E-state index in [9.17, 15) is 18.0 Å². The molecule has 0 fully saturated rings. The third-order valence-corrected chi connectivity index (χ3v) is 3.61. The number of aromatic nitrogens is 4. The van der Waals surface area contributed by atoms with Crippen molar-refractivity contribution in [3.8, 4) is 0 Å². The highest BCUT2D eigenvalue weighted by atomic mass is 19.4. The molecule has 3 aromatic rings. The van der Waals surface area contributed by atoms with Crippen LogP contribution in [0.15, 0.2) is 36.8 Å². The minimum absolute atomic E-state index is 0.148. The first-order valence-electron chi connectivity index (χ1n) is 7.61. The maximum atomic E-state index is 12.3. The highest BCUT2D eigenvalue weighted by molar-refractivity contribution is 5.90. The number of nitrogens with one attached hydrogen (secondary N) is 1. The van der Waals surface area contributed by atoms with Crippen molar-refractivity contribution in [2.45, 2.75) is 32.6 Å². The van der Waals surface area contributed by atoms with Gasteiger partial charge in [0.15, 0.2) is 0 Å². The Balaban J connectivity index is 1.57. The van der Waals surface area contributed by atoms with E-state index in [0.717, 1.165) is 27.3 Å². The molecule has 2 aromatic heterocycles. The molecule has 0 spiro atoms. The average Bonchev–Trinajstić information content (AvgIpc) is 3.10. The molecule has 0 radical (unpaired) electrons. The normalized spacial score (nSPS) is 11.8. The third-order valence-electron chi connectivity index (χ3n) is 3.61. The number of carbonyl (C=O) groups excluding carboxylic acids is 1. The van der Waals surface area contributed by atoms with Crippen molar-refractivity contribution >= 4 is 22.5 Å². The number of benzene rings is 1. The van der Waals surface area contributed by atoms with Crippen molar-refractivity contribution in [1.82, 2.24) is 19.6 Å². The lowest BCUT2D eigenvalue weighted by Gasteiger charge is -2.06. The van der Waals surface area contributed by atoms with Gasteiger partial charge in [-0.2, -0.15) is 23.4 Å². The summed E-state index contributed by atoms with van der Waals surface area (Å²) in [5, 5.41) is 11.4. The topological polar surface area (TPSA) is 64.7 Å². The number of amides is 1. The van der Waals surface area contributed by atoms with Gasteiger partial charge in [0.1, 0.15) is 6.54 Å². The van der Waals surface area contributed by atoms with Gasteiger partial charge in [-0.15, -0.1) is 0 Å². The van der Waals surface area contributed by atoms with Crippen LogP contribution in [0.1, 0.15) is 12.0 Å². The Bertz CT molecular complexity index is 897. The quantitative estimate of drug-likeness (QED) is 0.768. The number of fused-ring (bicyclic) bond motifs is 1. The number of hydrogen-bond donors (Lipinski definition) is 1. The number of hydrogen-bond acceptors (Lipinski definition) is 3. The molecule has 0 atom stereocenters. The van der Waals surface area contributed by atoms with Crippen LogP contribution >= 0.6 is 0 Å². The molecule has 132 valence electrons. The second-order valence-corrected chi connectivity index (χ2v) is 5.77. The Morgan fingerprint density at radius 1 is 1.24 bits per heavy atom. The standard InChI is InChI=1S/C16H16F3N5O/c1-11-2-3-14-12(6-11)7-21-24(14)5-4-15(25)22-13-8-20-23(9-13)10-16(17,18)19/h2-3,6-9H,4-5,10H2,1H3,(H,22,25). The SMILES string of the molecule is Cc1ccc2c(cnn2CCC(=O)Nc2cnn(CC(F)(F)F)c2)c1. The van der Waals surface area contributed by atoms with E-state index in [4.69, 9.17) is 0 Å². The van der Waals surface area contributed by atoms with Gasteiger partial charge in [0.05, 0.1) is 30.1 Å². The van der Waals surface area contributed by atoms with Crippen LogP contribution in [0.4, 0.5) is 18.9 Å². The number of carbonyl (C=O) groups is 1. The predicted molar refractivity (Wildman–Crippen MR) is 86.0 cm³/mol. The van der Waals surface area contributed by atoms with Crippen LogP contribution in [0.5, 0.6) is 0 Å². The van der Waals surface area contributed by atoms with Crippen LogP contribution in [-0.2, 0) is 17.9 Å². The summed E-state index contributed by atoms with van der Waals surface area (Å²) in [5.41, 5.74) is 2.28. The second-order valence-electron chi connectivity index (χ2n) is 5.77. The molecule has 1 amide bonds. The number of alkyl halides is 3. The summed E-state index contributed by atoms with van der Waals surface area (Å²) in [6.07, 6.45) is -0.128. The molecule has 0 aliphatic rings. The van der Waals surface area contributed by atoms with Crippen molar-refractivity contribution in [1.29, 1.82) is 0 Å². The third kappa shape index (κ3) is 4.37. The largest absolute Gasteiger partial charge is 0.408 e. The zero-order chi connectivity index (χ0) is 18.0. The number of halogens is 3. The van der Waals surface area contributed by atoms with Crippen LogP contribution in [0.3, 0.4) is 0 Å². The van der Waals surface area contributed by atoms with Crippen molar-refractivity contribution < 1.29 is 18.0 Å². The van der Waals surface area contributed by atoms with Crippen molar-refractivity contribution in [2.24, 2.45) is 0 Å². The van der Waals surface area contributed by atoms with Gasteiger partial charge in [0, 0.05) is 18.0 Å². The Morgan fingerprint density at radius 3 is 2.80 bits per heavy atom. The zero-order valence-electron chi connectivity index (χ0n) is 13.4. The Kier molecular flexibility index (Phi) is 4.47. The maximum absolute atomic E-state index is 12.3. The lowest BCUT2D eigenvalue weighted by molar-refractivity contribution is -0.142. The highest BCUT2D eigenvalue weighted by Gasteiger charge is 2.28. The van der Waals surface area contributed by atoms with Crippen molar-refractivity contribution in [3.63, 3.8) is 0 Å². The fourth-order valence-corrected chi connectivity index (χ4v) is 2.51. The lowest BCUT2D eigenvalue weighted by Crippen LogP contribution is -2.18. The Hall–Kier alpha value is -2.84. The molecule has 0 saturated heterocycles. The predicted octanol–water partition coefficient (Wildman–Crippen LogP) is 3.13. The van der Waals surface area contributed by atoms with E-state index in [0.29, 0.717) is 6.54 Å². The average molecular weight is 351 g/mol. The molecule has 3 rings (SSSR count). The van der Waals surface area contributed by atoms with E-state index in [-0.39, 0.29) is 18.0 Å². The van der Waals surface area contributed by atoms with Crippen LogP contribution < -0.4 is 5.32 Å². The van der Waals surface area contributed by atoms with E-state index in [1.807, 2.05) is 25.1 Å². The summed E-state index contributed by atoms with van der Waals surface area (Å²) in [7, 11) is 0. The molecular formula is C16H16F3N5O. The van der Waals surface area contributed by atoms with E-state index < -0.39 is 12.7 Å². The fraction of sp³-hybridized carbons (Fsp3) is 0.312. The van der Waals surface area contributed by atoms with E-state index in [1.165, 1.54) is 6.20 Å². The monoisotopic (exact) mass is 351 g/mol. The van der Waals surface area contributed by atoms with Crippen molar-refractivity contribution in [3.05, 3.63) is 42.4 Å². The van der Waals surface area contributed by atoms with Gasteiger partial charge in [-0.05, 0) is 19.1 Å². The van der Waals surface area contributed by atoms with Crippen LogP contribution in [0, 0.1) is 6.92 Å². The van der Waals surface area contributed by atoms with Crippen LogP contribution in [-0.4, -0.2) is 31.6 Å². The number of nitrogens with zero attached hydrogens (tertiary/aromatic N) is 4. The van der Waals surface area contributed by atoms with Crippen LogP contribution in [0.25, 0.3) is 10.9 Å². The molecular weight excluding hydrogens is 335 g/mol. The summed E-state index contributed by atoms with van der Waals surface area (Å²) in [4.78, 5) is 12.0. The molecule has 0 unspecified atom stereocenters. The van der Waals surface area contributed by atoms with Gasteiger partial charge in [0.25, 0.3) is 0 Å². The first kappa shape index (κ1) is 17.0. The molecule has 0 aliphatic carbocycles. The molecule has 25 heavy (non-hydrogen) atoms. The van der Waals surface area contributed by atoms with Gasteiger partial charge in [-0.1, -0.05) is 11.6 Å². The highest BCUT2D eigenvalue weighted by Crippen LogP contribution is 2.18. The molecule has 6 nitrogen and oxygen atoms in total. The summed E-state index contributed by atoms with van der Waals surface area (Å²) in [6.45, 7) is 1.17. The van der Waals surface area contributed by atoms with Gasteiger partial charge in [-0.25, -0.2) is 0 Å². The molecule has 0 bridgehead atoms. The van der Waals surface area contributed by atoms with E-state index >= 15 is 0 Å². The minimum atomic E-state index is -4.35. The number of rotatable bonds is 5. The number of anilines is 1. The Labute approximate surface area is 141 Å². The van der Waals surface area contributed by atoms with Gasteiger partial charge < -0.3 is 5.32 Å². The maximum Gasteiger partial charge on any atom is 0.408 e. The molecule has 0 saturated carbocycles. The summed E-state index contributed by atoms with van der Waals surface area (Å²) < 4.78 is 39.3. The summed E-state index contributed by atoms with van der Waals surface area (Å²) in [6, 6.07) is 5.92. The summed E-state index contributed by atoms with van der Waals surface area (Å²) in [5.74, 6) is -0.317. The van der Waals surface area contributed by atoms with Gasteiger partial charge >= 0.3 is 6.18 Å². The molecule has 1 N–H and O–H groups in total. The fourth-order valence-electron chi connectivity index (χ4n) is 2.51. The molecule has 1 aromatic carbocycles. The smallest absolute Gasteiger partial charge is 0.323 e. The van der Waals surface area contributed by atoms with Crippen molar-refractivity contribution in [2.75, 3.05) is 5.32 Å². The Morgan fingerprint density at radius 2 is 2.04 bits per heavy atom. The van der Waals surface area contributed by atoms with Crippen LogP contribution in [0.2, 0.25) is 0 Å². The first-order chi connectivity index (χ1) is 11.8. The first-order valence-corrected chi connectivity index (χ1v) is 7.61. The van der Waals surface area contributed by atoms with E-state index in [1.54, 1.807) is 10.9 Å². The zero-order valence-corrected chi connectivity index (χ0v) is 13.4. The molecule has 2 heterocycles.